The molecule has 0 spiro atoms. The van der Waals surface area contributed by atoms with Crippen molar-refractivity contribution in [2.45, 2.75) is 6.54 Å². The molecule has 0 aromatic carbocycles. The van der Waals surface area contributed by atoms with Crippen LogP contribution in [-0.2, 0) is 20.8 Å². The molecular weight excluding hydrogens is 306 g/mol. The molecule has 0 saturated heterocycles. The fraction of sp³-hybridized carbons (Fsp3) is 0.545. The molecule has 1 aromatic rings. The minimum atomic E-state index is -0.0226. The average Bonchev–Trinajstić information content (AvgIpc) is 2.70. The highest BCUT2D eigenvalue weighted by atomic mass is 79.9. The number of carbonyl (C=O) groups is 1. The normalized spacial score (nSPS) is 10.5. The largest absolute Gasteiger partial charge is 0.382 e. The highest BCUT2D eigenvalue weighted by molar-refractivity contribution is 9.10. The van der Waals surface area contributed by atoms with Gasteiger partial charge in [-0.1, -0.05) is 0 Å². The van der Waals surface area contributed by atoms with Crippen molar-refractivity contribution in [3.05, 3.63) is 20.8 Å². The number of ether oxygens (including phenoxy) is 2. The van der Waals surface area contributed by atoms with Crippen LogP contribution in [0.25, 0.3) is 0 Å². The third kappa shape index (κ3) is 5.63. The predicted molar refractivity (Wildman–Crippen MR) is 71.2 cm³/mol. The first-order chi connectivity index (χ1) is 8.13. The summed E-state index contributed by atoms with van der Waals surface area (Å²) in [5.74, 6) is -0.0226. The number of methoxy groups -OCH3 is 1. The van der Waals surface area contributed by atoms with Gasteiger partial charge in [-0.3, -0.25) is 4.79 Å². The van der Waals surface area contributed by atoms with Crippen molar-refractivity contribution in [3.8, 4) is 0 Å². The number of carbonyl (C=O) groups excluding carboxylic acids is 1. The van der Waals surface area contributed by atoms with Gasteiger partial charge in [0.05, 0.1) is 19.8 Å². The molecule has 0 unspecified atom stereocenters. The Balaban J connectivity index is 2.27. The molecule has 0 bridgehead atoms. The van der Waals surface area contributed by atoms with Gasteiger partial charge in [-0.15, -0.1) is 11.3 Å². The second-order valence-electron chi connectivity index (χ2n) is 3.53. The van der Waals surface area contributed by atoms with Crippen LogP contribution in [-0.4, -0.2) is 44.8 Å². The van der Waals surface area contributed by atoms with Crippen molar-refractivity contribution in [3.63, 3.8) is 0 Å². The van der Waals surface area contributed by atoms with E-state index in [0.29, 0.717) is 19.8 Å². The van der Waals surface area contributed by atoms with E-state index in [0.717, 1.165) is 9.35 Å². The van der Waals surface area contributed by atoms with Crippen molar-refractivity contribution >= 4 is 33.2 Å². The van der Waals surface area contributed by atoms with Crippen LogP contribution >= 0.6 is 27.3 Å². The van der Waals surface area contributed by atoms with Gasteiger partial charge in [0.25, 0.3) is 0 Å². The van der Waals surface area contributed by atoms with Crippen LogP contribution in [0.3, 0.4) is 0 Å². The number of thiophene rings is 1. The Kier molecular flexibility index (Phi) is 6.72. The van der Waals surface area contributed by atoms with E-state index in [9.17, 15) is 4.79 Å². The van der Waals surface area contributed by atoms with Crippen LogP contribution in [0.1, 0.15) is 4.88 Å². The van der Waals surface area contributed by atoms with Crippen molar-refractivity contribution in [2.24, 2.45) is 0 Å². The van der Waals surface area contributed by atoms with E-state index in [2.05, 4.69) is 15.9 Å². The summed E-state index contributed by atoms with van der Waals surface area (Å²) in [5, 5.41) is 2.00. The molecular formula is C11H16BrNO3S. The van der Waals surface area contributed by atoms with E-state index >= 15 is 0 Å². The monoisotopic (exact) mass is 321 g/mol. The lowest BCUT2D eigenvalue weighted by Crippen LogP contribution is -2.30. The molecule has 96 valence electrons. The quantitative estimate of drug-likeness (QED) is 0.722. The van der Waals surface area contributed by atoms with Gasteiger partial charge in [-0.05, 0) is 22.0 Å². The van der Waals surface area contributed by atoms with Gasteiger partial charge in [0.1, 0.15) is 6.61 Å². The molecule has 1 rings (SSSR count). The molecule has 1 heterocycles. The Morgan fingerprint density at radius 1 is 1.53 bits per heavy atom. The fourth-order valence-electron chi connectivity index (χ4n) is 1.17. The summed E-state index contributed by atoms with van der Waals surface area (Å²) in [6, 6.07) is 2.01. The van der Waals surface area contributed by atoms with Gasteiger partial charge in [-0.2, -0.15) is 0 Å². The molecule has 0 aliphatic rings. The number of rotatable bonds is 7. The van der Waals surface area contributed by atoms with Gasteiger partial charge < -0.3 is 14.4 Å². The van der Waals surface area contributed by atoms with E-state index in [4.69, 9.17) is 9.47 Å². The molecule has 17 heavy (non-hydrogen) atoms. The minimum Gasteiger partial charge on any atom is -0.382 e. The number of hydrogen-bond acceptors (Lipinski definition) is 4. The first kappa shape index (κ1) is 14.6. The first-order valence-electron chi connectivity index (χ1n) is 5.17. The minimum absolute atomic E-state index is 0.0226. The average molecular weight is 322 g/mol. The maximum atomic E-state index is 11.7. The summed E-state index contributed by atoms with van der Waals surface area (Å²) < 4.78 is 11.1. The number of amides is 1. The van der Waals surface area contributed by atoms with E-state index < -0.39 is 0 Å². The van der Waals surface area contributed by atoms with Gasteiger partial charge in [-0.25, -0.2) is 0 Å². The van der Waals surface area contributed by atoms with Gasteiger partial charge >= 0.3 is 0 Å². The third-order valence-corrected chi connectivity index (χ3v) is 3.78. The number of halogens is 1. The van der Waals surface area contributed by atoms with Gasteiger partial charge in [0.15, 0.2) is 0 Å². The lowest BCUT2D eigenvalue weighted by Gasteiger charge is -2.16. The van der Waals surface area contributed by atoms with E-state index in [1.54, 1.807) is 30.4 Å². The Morgan fingerprint density at radius 2 is 2.29 bits per heavy atom. The Labute approximate surface area is 114 Å². The zero-order valence-electron chi connectivity index (χ0n) is 9.94. The molecule has 1 aromatic heterocycles. The lowest BCUT2D eigenvalue weighted by molar-refractivity contribution is -0.135. The van der Waals surface area contributed by atoms with Gasteiger partial charge in [0.2, 0.25) is 5.91 Å². The molecule has 0 atom stereocenters. The number of hydrogen-bond donors (Lipinski definition) is 0. The summed E-state index contributed by atoms with van der Waals surface area (Å²) in [5.41, 5.74) is 0. The van der Waals surface area contributed by atoms with Crippen LogP contribution in [0.2, 0.25) is 0 Å². The predicted octanol–water partition coefficient (Wildman–Crippen LogP) is 2.13. The highest BCUT2D eigenvalue weighted by Crippen LogP contribution is 2.20. The van der Waals surface area contributed by atoms with Crippen LogP contribution < -0.4 is 0 Å². The summed E-state index contributed by atoms with van der Waals surface area (Å²) >= 11 is 5.01. The molecule has 1 amide bonds. The maximum Gasteiger partial charge on any atom is 0.248 e. The molecule has 4 nitrogen and oxygen atoms in total. The summed E-state index contributed by atoms with van der Waals surface area (Å²) in [6.45, 7) is 1.67. The van der Waals surface area contributed by atoms with E-state index in [1.807, 2.05) is 11.4 Å². The standard InChI is InChI=1S/C11H16BrNO3S/c1-13(6-10-5-9(12)8-17-10)11(14)7-16-4-3-15-2/h5,8H,3-4,6-7H2,1-2H3. The van der Waals surface area contributed by atoms with Crippen LogP contribution in [0.15, 0.2) is 15.9 Å². The summed E-state index contributed by atoms with van der Waals surface area (Å²) in [4.78, 5) is 14.5. The maximum absolute atomic E-state index is 11.7. The molecule has 0 aliphatic heterocycles. The molecule has 0 radical (unpaired) electrons. The lowest BCUT2D eigenvalue weighted by atomic mass is 10.4. The zero-order valence-corrected chi connectivity index (χ0v) is 12.3. The molecule has 0 N–H and O–H groups in total. The van der Waals surface area contributed by atoms with Crippen molar-refractivity contribution in [2.75, 3.05) is 34.0 Å². The number of nitrogens with zero attached hydrogens (tertiary/aromatic N) is 1. The molecule has 0 aliphatic carbocycles. The molecule has 0 fully saturated rings. The first-order valence-corrected chi connectivity index (χ1v) is 6.84. The summed E-state index contributed by atoms with van der Waals surface area (Å²) in [7, 11) is 3.38. The van der Waals surface area contributed by atoms with E-state index in [-0.39, 0.29) is 12.5 Å². The zero-order chi connectivity index (χ0) is 12.7. The Hall–Kier alpha value is -0.430. The summed E-state index contributed by atoms with van der Waals surface area (Å²) in [6.07, 6.45) is 0. The van der Waals surface area contributed by atoms with E-state index in [1.165, 1.54) is 0 Å². The van der Waals surface area contributed by atoms with Crippen molar-refractivity contribution in [1.29, 1.82) is 0 Å². The molecule has 6 heteroatoms. The second kappa shape index (κ2) is 7.81. The van der Waals surface area contributed by atoms with Crippen molar-refractivity contribution in [1.82, 2.24) is 4.90 Å². The third-order valence-electron chi connectivity index (χ3n) is 2.10. The smallest absolute Gasteiger partial charge is 0.248 e. The fourth-order valence-corrected chi connectivity index (χ4v) is 2.67. The van der Waals surface area contributed by atoms with Crippen LogP contribution in [0.5, 0.6) is 0 Å². The highest BCUT2D eigenvalue weighted by Gasteiger charge is 2.10. The van der Waals surface area contributed by atoms with Crippen molar-refractivity contribution < 1.29 is 14.3 Å². The van der Waals surface area contributed by atoms with Gasteiger partial charge in [0, 0.05) is 28.9 Å². The molecule has 0 saturated carbocycles. The second-order valence-corrected chi connectivity index (χ2v) is 5.44. The van der Waals surface area contributed by atoms with Crippen LogP contribution in [0.4, 0.5) is 0 Å². The van der Waals surface area contributed by atoms with Crippen LogP contribution in [0, 0.1) is 0 Å². The SMILES string of the molecule is COCCOCC(=O)N(C)Cc1cc(Br)cs1. The Bertz CT molecular complexity index is 356. The number of likely N-dealkylation sites (N-methyl/N-ethyl adjacent to an activating group) is 1. The Morgan fingerprint density at radius 3 is 2.88 bits per heavy atom. The topological polar surface area (TPSA) is 38.8 Å².